The molecule has 1 saturated carbocycles. The molecular weight excluding hydrogens is 176 g/mol. The minimum absolute atomic E-state index is 0.243. The van der Waals surface area contributed by atoms with Gasteiger partial charge in [-0.25, -0.2) is 0 Å². The van der Waals surface area contributed by atoms with E-state index in [4.69, 9.17) is 9.47 Å². The van der Waals surface area contributed by atoms with Crippen molar-refractivity contribution in [2.24, 2.45) is 11.8 Å². The molecule has 2 rings (SSSR count). The highest BCUT2D eigenvalue weighted by Gasteiger charge is 2.52. The average molecular weight is 196 g/mol. The molecule has 0 aromatic heterocycles. The Morgan fingerprint density at radius 3 is 2.57 bits per heavy atom. The van der Waals surface area contributed by atoms with Crippen LogP contribution in [0.1, 0.15) is 33.6 Å². The molecule has 0 aromatic carbocycles. The summed E-state index contributed by atoms with van der Waals surface area (Å²) in [5, 5.41) is 0. The fraction of sp³-hybridized carbons (Fsp3) is 0.833. The molecule has 2 fully saturated rings. The van der Waals surface area contributed by atoms with Gasteiger partial charge < -0.3 is 9.47 Å². The Balaban J connectivity index is 2.16. The average Bonchev–Trinajstić information content (AvgIpc) is 2.57. The van der Waals surface area contributed by atoms with Crippen LogP contribution < -0.4 is 0 Å². The van der Waals surface area contributed by atoms with E-state index in [1.165, 1.54) is 12.8 Å². The lowest BCUT2D eigenvalue weighted by molar-refractivity contribution is -0.159. The van der Waals surface area contributed by atoms with Crippen molar-refractivity contribution in [3.63, 3.8) is 0 Å². The molecule has 1 aliphatic heterocycles. The van der Waals surface area contributed by atoms with Crippen LogP contribution in [0.4, 0.5) is 0 Å². The number of fused-ring (bicyclic) bond motifs is 1. The van der Waals surface area contributed by atoms with Gasteiger partial charge in [0.05, 0.1) is 12.2 Å². The summed E-state index contributed by atoms with van der Waals surface area (Å²) >= 11 is 0. The maximum atomic E-state index is 5.94. The van der Waals surface area contributed by atoms with Crippen LogP contribution in [0, 0.1) is 11.8 Å². The second-order valence-corrected chi connectivity index (χ2v) is 4.87. The van der Waals surface area contributed by atoms with Gasteiger partial charge in [0.1, 0.15) is 0 Å². The van der Waals surface area contributed by atoms with Crippen molar-refractivity contribution >= 4 is 0 Å². The normalized spacial score (nSPS) is 45.1. The van der Waals surface area contributed by atoms with Gasteiger partial charge >= 0.3 is 0 Å². The largest absolute Gasteiger partial charge is 0.344 e. The summed E-state index contributed by atoms with van der Waals surface area (Å²) in [5.74, 6) is 0.723. The summed E-state index contributed by atoms with van der Waals surface area (Å²) in [5.41, 5.74) is 0. The second-order valence-electron chi connectivity index (χ2n) is 4.87. The quantitative estimate of drug-likeness (QED) is 0.632. The molecule has 0 N–H and O–H groups in total. The first-order valence-electron chi connectivity index (χ1n) is 5.55. The molecule has 1 heterocycles. The van der Waals surface area contributed by atoms with Crippen molar-refractivity contribution in [3.05, 3.63) is 12.7 Å². The monoisotopic (exact) mass is 196 g/mol. The Kier molecular flexibility index (Phi) is 2.44. The van der Waals surface area contributed by atoms with Gasteiger partial charge in [0.25, 0.3) is 0 Å². The lowest BCUT2D eigenvalue weighted by atomic mass is 10.0. The van der Waals surface area contributed by atoms with Crippen molar-refractivity contribution in [2.45, 2.75) is 51.6 Å². The van der Waals surface area contributed by atoms with Crippen LogP contribution in [-0.2, 0) is 9.47 Å². The minimum atomic E-state index is -0.398. The van der Waals surface area contributed by atoms with Crippen LogP contribution in [0.2, 0.25) is 0 Å². The van der Waals surface area contributed by atoms with Gasteiger partial charge in [-0.1, -0.05) is 19.4 Å². The maximum Gasteiger partial charge on any atom is 0.163 e. The highest BCUT2D eigenvalue weighted by molar-refractivity contribution is 5.03. The molecule has 1 aliphatic carbocycles. The molecule has 0 aromatic rings. The molecule has 0 spiro atoms. The van der Waals surface area contributed by atoms with Crippen molar-refractivity contribution in [1.29, 1.82) is 0 Å². The Hall–Kier alpha value is -0.340. The van der Waals surface area contributed by atoms with Crippen molar-refractivity contribution in [2.75, 3.05) is 0 Å². The van der Waals surface area contributed by atoms with Crippen LogP contribution in [0.25, 0.3) is 0 Å². The zero-order valence-electron chi connectivity index (χ0n) is 9.32. The molecular formula is C12H20O2. The molecule has 1 saturated heterocycles. The lowest BCUT2D eigenvalue weighted by Gasteiger charge is -2.22. The van der Waals surface area contributed by atoms with E-state index in [-0.39, 0.29) is 12.2 Å². The first kappa shape index (κ1) is 10.2. The number of rotatable bonds is 2. The van der Waals surface area contributed by atoms with E-state index in [2.05, 4.69) is 13.5 Å². The predicted molar refractivity (Wildman–Crippen MR) is 55.9 cm³/mol. The highest BCUT2D eigenvalue weighted by atomic mass is 16.8. The second kappa shape index (κ2) is 3.35. The highest BCUT2D eigenvalue weighted by Crippen LogP contribution is 2.46. The fourth-order valence-electron chi connectivity index (χ4n) is 2.76. The lowest BCUT2D eigenvalue weighted by Crippen LogP contribution is -2.24. The number of ether oxygens (including phenoxy) is 2. The summed E-state index contributed by atoms with van der Waals surface area (Å²) in [6.07, 6.45) is 4.90. The molecule has 0 amide bonds. The zero-order chi connectivity index (χ0) is 10.3. The van der Waals surface area contributed by atoms with Crippen molar-refractivity contribution in [1.82, 2.24) is 0 Å². The van der Waals surface area contributed by atoms with Crippen LogP contribution in [0.3, 0.4) is 0 Å². The van der Waals surface area contributed by atoms with Crippen LogP contribution >= 0.6 is 0 Å². The van der Waals surface area contributed by atoms with E-state index < -0.39 is 5.79 Å². The summed E-state index contributed by atoms with van der Waals surface area (Å²) in [6.45, 7) is 10.1. The van der Waals surface area contributed by atoms with Gasteiger partial charge in [-0.3, -0.25) is 0 Å². The van der Waals surface area contributed by atoms with Crippen LogP contribution in [-0.4, -0.2) is 18.0 Å². The molecule has 80 valence electrons. The molecule has 2 heteroatoms. The van der Waals surface area contributed by atoms with Gasteiger partial charge in [-0.05, 0) is 26.2 Å². The van der Waals surface area contributed by atoms with Crippen LogP contribution in [0.5, 0.6) is 0 Å². The Morgan fingerprint density at radius 1 is 1.36 bits per heavy atom. The van der Waals surface area contributed by atoms with E-state index in [0.717, 1.165) is 0 Å². The van der Waals surface area contributed by atoms with Crippen molar-refractivity contribution < 1.29 is 9.47 Å². The molecule has 2 aliphatic rings. The number of hydrogen-bond acceptors (Lipinski definition) is 2. The van der Waals surface area contributed by atoms with E-state index in [9.17, 15) is 0 Å². The van der Waals surface area contributed by atoms with Crippen LogP contribution in [0.15, 0.2) is 12.7 Å². The van der Waals surface area contributed by atoms with Gasteiger partial charge in [0.15, 0.2) is 5.79 Å². The fourth-order valence-corrected chi connectivity index (χ4v) is 2.76. The van der Waals surface area contributed by atoms with Gasteiger partial charge in [-0.2, -0.15) is 0 Å². The Labute approximate surface area is 86.3 Å². The number of hydrogen-bond donors (Lipinski definition) is 0. The standard InChI is InChI=1S/C12H20O2/c1-5-8-7-9(6-2)11-10(8)13-12(3,4)14-11/h5,8-11H,1,6-7H2,2-4H3/t8-,9+,10+,11-/m0/s1. The summed E-state index contributed by atoms with van der Waals surface area (Å²) in [4.78, 5) is 0. The third-order valence-corrected chi connectivity index (χ3v) is 3.45. The zero-order valence-corrected chi connectivity index (χ0v) is 9.32. The summed E-state index contributed by atoms with van der Waals surface area (Å²) < 4.78 is 11.9. The maximum absolute atomic E-state index is 5.94. The van der Waals surface area contributed by atoms with E-state index in [0.29, 0.717) is 11.8 Å². The molecule has 2 nitrogen and oxygen atoms in total. The molecule has 0 unspecified atom stereocenters. The van der Waals surface area contributed by atoms with E-state index in [1.807, 2.05) is 19.9 Å². The molecule has 0 radical (unpaired) electrons. The van der Waals surface area contributed by atoms with Gasteiger partial charge in [0.2, 0.25) is 0 Å². The third kappa shape index (κ3) is 1.51. The smallest absolute Gasteiger partial charge is 0.163 e. The molecule has 14 heavy (non-hydrogen) atoms. The van der Waals surface area contributed by atoms with Gasteiger partial charge in [-0.15, -0.1) is 6.58 Å². The van der Waals surface area contributed by atoms with E-state index >= 15 is 0 Å². The SMILES string of the molecule is C=C[C@H]1C[C@@H](CC)[C@@H]2OC(C)(C)O[C@@H]21. The summed E-state index contributed by atoms with van der Waals surface area (Å²) in [6, 6.07) is 0. The molecule has 4 atom stereocenters. The van der Waals surface area contributed by atoms with E-state index in [1.54, 1.807) is 0 Å². The first-order chi connectivity index (χ1) is 6.57. The predicted octanol–water partition coefficient (Wildman–Crippen LogP) is 2.74. The van der Waals surface area contributed by atoms with Crippen molar-refractivity contribution in [3.8, 4) is 0 Å². The topological polar surface area (TPSA) is 18.5 Å². The minimum Gasteiger partial charge on any atom is -0.344 e. The third-order valence-electron chi connectivity index (χ3n) is 3.45. The van der Waals surface area contributed by atoms with Gasteiger partial charge in [0, 0.05) is 5.92 Å². The Morgan fingerprint density at radius 2 is 2.00 bits per heavy atom. The summed E-state index contributed by atoms with van der Waals surface area (Å²) in [7, 11) is 0. The first-order valence-corrected chi connectivity index (χ1v) is 5.55. The molecule has 0 bridgehead atoms. The Bertz CT molecular complexity index is 234.